The Hall–Kier alpha value is -2.48. The van der Waals surface area contributed by atoms with Crippen LogP contribution in [0.5, 0.6) is 5.75 Å². The number of aliphatic hydroxyl groups excluding tert-OH is 1. The molecule has 0 aromatic heterocycles. The van der Waals surface area contributed by atoms with Crippen LogP contribution in [0, 0.1) is 6.92 Å². The average Bonchev–Trinajstić information content (AvgIpc) is 3.10. The summed E-state index contributed by atoms with van der Waals surface area (Å²) in [7, 11) is 0. The Kier molecular flexibility index (Phi) is 8.77. The highest BCUT2D eigenvalue weighted by Crippen LogP contribution is 2.14. The highest BCUT2D eigenvalue weighted by Gasteiger charge is 2.28. The van der Waals surface area contributed by atoms with E-state index in [1.165, 1.54) is 0 Å². The molecule has 1 aliphatic heterocycles. The molecule has 0 radical (unpaired) electrons. The third kappa shape index (κ3) is 8.49. The predicted octanol–water partition coefficient (Wildman–Crippen LogP) is 2.30. The molecule has 1 fully saturated rings. The van der Waals surface area contributed by atoms with Gasteiger partial charge in [0.05, 0.1) is 12.6 Å². The van der Waals surface area contributed by atoms with Crippen molar-refractivity contribution in [3.05, 3.63) is 29.8 Å². The molecule has 0 saturated carbocycles. The lowest BCUT2D eigenvalue weighted by Crippen LogP contribution is -2.44. The van der Waals surface area contributed by atoms with Crippen LogP contribution in [0.15, 0.2) is 29.3 Å². The van der Waals surface area contributed by atoms with Gasteiger partial charge in [0, 0.05) is 19.6 Å². The normalized spacial score (nSPS) is 18.1. The van der Waals surface area contributed by atoms with E-state index in [1.54, 1.807) is 0 Å². The Morgan fingerprint density at radius 2 is 2.17 bits per heavy atom. The van der Waals surface area contributed by atoms with Gasteiger partial charge >= 0.3 is 6.09 Å². The molecule has 2 atom stereocenters. The third-order valence-corrected chi connectivity index (χ3v) is 4.43. The van der Waals surface area contributed by atoms with Crippen molar-refractivity contribution in [2.45, 2.75) is 58.8 Å². The Balaban J connectivity index is 1.84. The standard InChI is InChI=1S/C22H36N4O4/c1-6-23-20(24-13-18(27)15-29-19-9-7-8-16(2)12-19)26-11-10-17(14-26)25-21(28)30-22(3,4)5/h7-9,12,17-18,27H,6,10-11,13-15H2,1-5H3,(H,23,24)(H,25,28). The molecule has 3 N–H and O–H groups in total. The largest absolute Gasteiger partial charge is 0.491 e. The monoisotopic (exact) mass is 420 g/mol. The van der Waals surface area contributed by atoms with Gasteiger partial charge in [0.15, 0.2) is 5.96 Å². The highest BCUT2D eigenvalue weighted by atomic mass is 16.6. The topological polar surface area (TPSA) is 95.4 Å². The number of aryl methyl sites for hydroxylation is 1. The van der Waals surface area contributed by atoms with Gasteiger partial charge in [0.25, 0.3) is 0 Å². The molecular formula is C22H36N4O4. The van der Waals surface area contributed by atoms with Crippen molar-refractivity contribution < 1.29 is 19.4 Å². The zero-order valence-electron chi connectivity index (χ0n) is 18.8. The number of carbonyl (C=O) groups is 1. The zero-order valence-corrected chi connectivity index (χ0v) is 18.8. The molecule has 1 heterocycles. The smallest absolute Gasteiger partial charge is 0.407 e. The van der Waals surface area contributed by atoms with Gasteiger partial charge in [-0.15, -0.1) is 0 Å². The molecule has 0 spiro atoms. The third-order valence-electron chi connectivity index (χ3n) is 4.43. The molecule has 1 amide bonds. The Morgan fingerprint density at radius 3 is 2.83 bits per heavy atom. The van der Waals surface area contributed by atoms with Gasteiger partial charge in [-0.3, -0.25) is 4.99 Å². The molecule has 1 saturated heterocycles. The maximum absolute atomic E-state index is 12.0. The number of guanidine groups is 1. The predicted molar refractivity (Wildman–Crippen MR) is 118 cm³/mol. The lowest BCUT2D eigenvalue weighted by Gasteiger charge is -2.23. The number of carbonyl (C=O) groups excluding carboxylic acids is 1. The van der Waals surface area contributed by atoms with E-state index < -0.39 is 17.8 Å². The number of benzene rings is 1. The fourth-order valence-electron chi connectivity index (χ4n) is 3.11. The van der Waals surface area contributed by atoms with E-state index >= 15 is 0 Å². The van der Waals surface area contributed by atoms with Crippen molar-refractivity contribution in [1.29, 1.82) is 0 Å². The molecule has 30 heavy (non-hydrogen) atoms. The SMILES string of the molecule is CCNC(=NCC(O)COc1cccc(C)c1)N1CCC(NC(=O)OC(C)(C)C)C1. The average molecular weight is 421 g/mol. The summed E-state index contributed by atoms with van der Waals surface area (Å²) in [5.74, 6) is 1.46. The Labute approximate surface area is 179 Å². The fourth-order valence-corrected chi connectivity index (χ4v) is 3.11. The minimum absolute atomic E-state index is 0.00159. The maximum atomic E-state index is 12.0. The molecule has 8 nitrogen and oxygen atoms in total. The molecular weight excluding hydrogens is 384 g/mol. The van der Waals surface area contributed by atoms with Crippen LogP contribution in [0.3, 0.4) is 0 Å². The second kappa shape index (κ2) is 11.1. The van der Waals surface area contributed by atoms with Gasteiger partial charge in [-0.25, -0.2) is 4.79 Å². The molecule has 2 unspecified atom stereocenters. The van der Waals surface area contributed by atoms with E-state index in [1.807, 2.05) is 58.9 Å². The summed E-state index contributed by atoms with van der Waals surface area (Å²) in [6.45, 7) is 12.1. The minimum Gasteiger partial charge on any atom is -0.491 e. The molecule has 0 aliphatic carbocycles. The minimum atomic E-state index is -0.711. The summed E-state index contributed by atoms with van der Waals surface area (Å²) in [5, 5.41) is 16.4. The highest BCUT2D eigenvalue weighted by molar-refractivity contribution is 5.80. The van der Waals surface area contributed by atoms with E-state index in [4.69, 9.17) is 9.47 Å². The molecule has 1 aromatic rings. The van der Waals surface area contributed by atoms with Crippen LogP contribution in [0.25, 0.3) is 0 Å². The van der Waals surface area contributed by atoms with Crippen molar-refractivity contribution >= 4 is 12.1 Å². The first-order valence-electron chi connectivity index (χ1n) is 10.6. The molecule has 0 bridgehead atoms. The van der Waals surface area contributed by atoms with E-state index in [9.17, 15) is 9.90 Å². The molecule has 168 valence electrons. The zero-order chi connectivity index (χ0) is 22.1. The van der Waals surface area contributed by atoms with Crippen LogP contribution in [0.2, 0.25) is 0 Å². The summed E-state index contributed by atoms with van der Waals surface area (Å²) >= 11 is 0. The Bertz CT molecular complexity index is 717. The number of nitrogens with zero attached hydrogens (tertiary/aromatic N) is 2. The first-order valence-corrected chi connectivity index (χ1v) is 10.6. The van der Waals surface area contributed by atoms with Crippen LogP contribution in [-0.4, -0.2) is 72.6 Å². The van der Waals surface area contributed by atoms with E-state index in [0.717, 1.165) is 36.8 Å². The number of hydrogen-bond acceptors (Lipinski definition) is 5. The van der Waals surface area contributed by atoms with Crippen LogP contribution in [0.1, 0.15) is 39.7 Å². The van der Waals surface area contributed by atoms with Gasteiger partial charge in [-0.05, 0) is 58.7 Å². The van der Waals surface area contributed by atoms with Gasteiger partial charge < -0.3 is 30.1 Å². The van der Waals surface area contributed by atoms with Crippen molar-refractivity contribution in [3.8, 4) is 5.75 Å². The summed E-state index contributed by atoms with van der Waals surface area (Å²) in [4.78, 5) is 18.6. The second-order valence-electron chi connectivity index (χ2n) is 8.55. The molecule has 1 aliphatic rings. The van der Waals surface area contributed by atoms with Gasteiger partial charge in [0.2, 0.25) is 0 Å². The summed E-state index contributed by atoms with van der Waals surface area (Å²) in [5.41, 5.74) is 0.591. The number of ether oxygens (including phenoxy) is 2. The first-order chi connectivity index (χ1) is 14.2. The first kappa shape index (κ1) is 23.8. The maximum Gasteiger partial charge on any atom is 0.407 e. The van der Waals surface area contributed by atoms with Gasteiger partial charge in [-0.2, -0.15) is 0 Å². The summed E-state index contributed by atoms with van der Waals surface area (Å²) < 4.78 is 11.0. The number of nitrogens with one attached hydrogen (secondary N) is 2. The van der Waals surface area contributed by atoms with Crippen LogP contribution >= 0.6 is 0 Å². The molecule has 8 heteroatoms. The number of rotatable bonds is 7. The summed E-state index contributed by atoms with van der Waals surface area (Å²) in [6, 6.07) is 7.72. The second-order valence-corrected chi connectivity index (χ2v) is 8.55. The Morgan fingerprint density at radius 1 is 1.40 bits per heavy atom. The number of amides is 1. The lowest BCUT2D eigenvalue weighted by molar-refractivity contribution is 0.0507. The van der Waals surface area contributed by atoms with Crippen molar-refractivity contribution in [1.82, 2.24) is 15.5 Å². The van der Waals surface area contributed by atoms with Gasteiger partial charge in [-0.1, -0.05) is 12.1 Å². The number of hydrogen-bond donors (Lipinski definition) is 3. The van der Waals surface area contributed by atoms with Crippen LogP contribution in [0.4, 0.5) is 4.79 Å². The molecule has 1 aromatic carbocycles. The van der Waals surface area contributed by atoms with Crippen LogP contribution in [-0.2, 0) is 4.74 Å². The quantitative estimate of drug-likeness (QED) is 0.463. The van der Waals surface area contributed by atoms with Crippen molar-refractivity contribution in [2.75, 3.05) is 32.8 Å². The van der Waals surface area contributed by atoms with E-state index in [2.05, 4.69) is 20.5 Å². The lowest BCUT2D eigenvalue weighted by atomic mass is 10.2. The van der Waals surface area contributed by atoms with Gasteiger partial charge in [0.1, 0.15) is 24.1 Å². The number of alkyl carbamates (subject to hydrolysis) is 1. The fraction of sp³-hybridized carbons (Fsp3) is 0.636. The number of aliphatic imine (C=N–C) groups is 1. The van der Waals surface area contributed by atoms with Crippen molar-refractivity contribution in [3.63, 3.8) is 0 Å². The summed E-state index contributed by atoms with van der Waals surface area (Å²) in [6.07, 6.45) is -0.305. The van der Waals surface area contributed by atoms with E-state index in [-0.39, 0.29) is 19.2 Å². The van der Waals surface area contributed by atoms with Crippen LogP contribution < -0.4 is 15.4 Å². The number of aliphatic hydroxyl groups is 1. The van der Waals surface area contributed by atoms with Crippen molar-refractivity contribution in [2.24, 2.45) is 4.99 Å². The number of likely N-dealkylation sites (tertiary alicyclic amines) is 1. The molecule has 2 rings (SSSR count). The van der Waals surface area contributed by atoms with E-state index in [0.29, 0.717) is 6.54 Å².